The standard InChI is InChI=1S/C12H11BrN2OS/c1-14-9-4-2-8(3-5-9)12(16)15-11-7-6-10(13)17-11/h2-7,14H,1H3,(H,15,16). The van der Waals surface area contributed by atoms with Crippen molar-refractivity contribution >= 4 is 43.9 Å². The van der Waals surface area contributed by atoms with E-state index >= 15 is 0 Å². The summed E-state index contributed by atoms with van der Waals surface area (Å²) in [5.41, 5.74) is 1.63. The minimum absolute atomic E-state index is 0.0954. The van der Waals surface area contributed by atoms with Gasteiger partial charge in [-0.25, -0.2) is 0 Å². The van der Waals surface area contributed by atoms with E-state index in [0.29, 0.717) is 5.56 Å². The van der Waals surface area contributed by atoms with Gasteiger partial charge in [0.05, 0.1) is 8.79 Å². The van der Waals surface area contributed by atoms with Gasteiger partial charge in [-0.1, -0.05) is 0 Å². The number of amides is 1. The number of hydrogen-bond donors (Lipinski definition) is 2. The van der Waals surface area contributed by atoms with Crippen molar-refractivity contribution in [2.45, 2.75) is 0 Å². The fraction of sp³-hybridized carbons (Fsp3) is 0.0833. The summed E-state index contributed by atoms with van der Waals surface area (Å²) in [5, 5.41) is 6.69. The lowest BCUT2D eigenvalue weighted by atomic mass is 10.2. The summed E-state index contributed by atoms with van der Waals surface area (Å²) in [7, 11) is 1.85. The number of carbonyl (C=O) groups excluding carboxylic acids is 1. The summed E-state index contributed by atoms with van der Waals surface area (Å²) in [6.07, 6.45) is 0. The maximum absolute atomic E-state index is 11.9. The van der Waals surface area contributed by atoms with Crippen LogP contribution >= 0.6 is 27.3 Å². The molecule has 0 bridgehead atoms. The number of carbonyl (C=O) groups is 1. The van der Waals surface area contributed by atoms with E-state index < -0.39 is 0 Å². The second-order valence-electron chi connectivity index (χ2n) is 3.39. The highest BCUT2D eigenvalue weighted by Gasteiger charge is 2.07. The van der Waals surface area contributed by atoms with Gasteiger partial charge in [0.2, 0.25) is 0 Å². The van der Waals surface area contributed by atoms with Crippen LogP contribution in [0.4, 0.5) is 10.7 Å². The van der Waals surface area contributed by atoms with Crippen LogP contribution in [0.15, 0.2) is 40.2 Å². The fourth-order valence-electron chi connectivity index (χ4n) is 1.35. The predicted octanol–water partition coefficient (Wildman–Crippen LogP) is 3.80. The van der Waals surface area contributed by atoms with E-state index in [2.05, 4.69) is 26.6 Å². The van der Waals surface area contributed by atoms with E-state index in [1.807, 2.05) is 31.3 Å². The fourth-order valence-corrected chi connectivity index (χ4v) is 2.64. The minimum atomic E-state index is -0.0954. The van der Waals surface area contributed by atoms with Crippen LogP contribution in [0.25, 0.3) is 0 Å². The van der Waals surface area contributed by atoms with E-state index in [9.17, 15) is 4.79 Å². The predicted molar refractivity (Wildman–Crippen MR) is 76.0 cm³/mol. The van der Waals surface area contributed by atoms with Gasteiger partial charge in [-0.3, -0.25) is 4.79 Å². The number of rotatable bonds is 3. The van der Waals surface area contributed by atoms with Crippen LogP contribution in [0, 0.1) is 0 Å². The summed E-state index contributed by atoms with van der Waals surface area (Å²) in [4.78, 5) is 11.9. The van der Waals surface area contributed by atoms with Crippen molar-refractivity contribution in [3.63, 3.8) is 0 Å². The molecule has 1 amide bonds. The highest BCUT2D eigenvalue weighted by atomic mass is 79.9. The highest BCUT2D eigenvalue weighted by molar-refractivity contribution is 9.11. The van der Waals surface area contributed by atoms with E-state index in [-0.39, 0.29) is 5.91 Å². The third-order valence-corrected chi connectivity index (χ3v) is 3.78. The zero-order valence-corrected chi connectivity index (χ0v) is 11.6. The SMILES string of the molecule is CNc1ccc(C(=O)Nc2ccc(Br)s2)cc1. The molecule has 0 aliphatic heterocycles. The first-order valence-electron chi connectivity index (χ1n) is 5.03. The quantitative estimate of drug-likeness (QED) is 0.905. The molecule has 2 aromatic rings. The van der Waals surface area contributed by atoms with Gasteiger partial charge in [0, 0.05) is 18.3 Å². The number of thiophene rings is 1. The first-order chi connectivity index (χ1) is 8.19. The molecule has 1 heterocycles. The van der Waals surface area contributed by atoms with Crippen LogP contribution in [0.5, 0.6) is 0 Å². The van der Waals surface area contributed by atoms with Crippen LogP contribution < -0.4 is 10.6 Å². The maximum atomic E-state index is 11.9. The zero-order valence-electron chi connectivity index (χ0n) is 9.16. The highest BCUT2D eigenvalue weighted by Crippen LogP contribution is 2.26. The summed E-state index contributed by atoms with van der Waals surface area (Å²) < 4.78 is 0.998. The van der Waals surface area contributed by atoms with E-state index in [1.165, 1.54) is 11.3 Å². The lowest BCUT2D eigenvalue weighted by Gasteiger charge is -2.04. The average molecular weight is 311 g/mol. The van der Waals surface area contributed by atoms with Gasteiger partial charge in [0.25, 0.3) is 5.91 Å². The molecular weight excluding hydrogens is 300 g/mol. The molecule has 0 fully saturated rings. The van der Waals surface area contributed by atoms with Crippen molar-refractivity contribution in [1.82, 2.24) is 0 Å². The number of hydrogen-bond acceptors (Lipinski definition) is 3. The summed E-state index contributed by atoms with van der Waals surface area (Å²) in [6, 6.07) is 11.1. The lowest BCUT2D eigenvalue weighted by Crippen LogP contribution is -2.10. The molecule has 0 saturated carbocycles. The number of nitrogens with one attached hydrogen (secondary N) is 2. The Labute approximate surface area is 112 Å². The molecule has 1 aromatic heterocycles. The van der Waals surface area contributed by atoms with Crippen molar-refractivity contribution in [3.8, 4) is 0 Å². The van der Waals surface area contributed by atoms with Crippen molar-refractivity contribution in [3.05, 3.63) is 45.7 Å². The number of anilines is 2. The smallest absolute Gasteiger partial charge is 0.256 e. The van der Waals surface area contributed by atoms with Crippen LogP contribution in [0.1, 0.15) is 10.4 Å². The molecule has 88 valence electrons. The van der Waals surface area contributed by atoms with Crippen molar-refractivity contribution in [2.75, 3.05) is 17.7 Å². The van der Waals surface area contributed by atoms with Crippen LogP contribution in [0.3, 0.4) is 0 Å². The van der Waals surface area contributed by atoms with Crippen molar-refractivity contribution < 1.29 is 4.79 Å². The van der Waals surface area contributed by atoms with Crippen LogP contribution in [-0.4, -0.2) is 13.0 Å². The first kappa shape index (κ1) is 12.1. The monoisotopic (exact) mass is 310 g/mol. The molecule has 0 radical (unpaired) electrons. The van der Waals surface area contributed by atoms with Gasteiger partial charge in [-0.2, -0.15) is 0 Å². The first-order valence-corrected chi connectivity index (χ1v) is 6.64. The van der Waals surface area contributed by atoms with Crippen LogP contribution in [-0.2, 0) is 0 Å². The average Bonchev–Trinajstić information content (AvgIpc) is 2.75. The molecule has 5 heteroatoms. The summed E-state index contributed by atoms with van der Waals surface area (Å²) >= 11 is 4.85. The van der Waals surface area contributed by atoms with Gasteiger partial charge in [-0.05, 0) is 52.3 Å². The van der Waals surface area contributed by atoms with Gasteiger partial charge in [-0.15, -0.1) is 11.3 Å². The second kappa shape index (κ2) is 5.33. The Bertz CT molecular complexity index is 522. The Hall–Kier alpha value is -1.33. The third kappa shape index (κ3) is 3.08. The van der Waals surface area contributed by atoms with Crippen molar-refractivity contribution in [2.24, 2.45) is 0 Å². The molecular formula is C12H11BrN2OS. The second-order valence-corrected chi connectivity index (χ2v) is 5.85. The Morgan fingerprint density at radius 1 is 1.18 bits per heavy atom. The molecule has 3 nitrogen and oxygen atoms in total. The molecule has 2 rings (SSSR count). The lowest BCUT2D eigenvalue weighted by molar-refractivity contribution is 0.102. The van der Waals surface area contributed by atoms with Crippen molar-refractivity contribution in [1.29, 1.82) is 0 Å². The molecule has 1 aromatic carbocycles. The van der Waals surface area contributed by atoms with Gasteiger partial charge in [0.1, 0.15) is 0 Å². The summed E-state index contributed by atoms with van der Waals surface area (Å²) in [5.74, 6) is -0.0954. The van der Waals surface area contributed by atoms with Gasteiger partial charge >= 0.3 is 0 Å². The molecule has 2 N–H and O–H groups in total. The molecule has 0 saturated heterocycles. The minimum Gasteiger partial charge on any atom is -0.388 e. The van der Waals surface area contributed by atoms with E-state index in [4.69, 9.17) is 0 Å². The maximum Gasteiger partial charge on any atom is 0.256 e. The number of benzene rings is 1. The Balaban J connectivity index is 2.09. The molecule has 0 atom stereocenters. The van der Waals surface area contributed by atoms with E-state index in [0.717, 1.165) is 14.5 Å². The number of halogens is 1. The van der Waals surface area contributed by atoms with Crippen LogP contribution in [0.2, 0.25) is 0 Å². The summed E-state index contributed by atoms with van der Waals surface area (Å²) in [6.45, 7) is 0. The molecule has 0 aliphatic carbocycles. The molecule has 0 aliphatic rings. The normalized spacial score (nSPS) is 10.0. The molecule has 17 heavy (non-hydrogen) atoms. The zero-order chi connectivity index (χ0) is 12.3. The largest absolute Gasteiger partial charge is 0.388 e. The Morgan fingerprint density at radius 3 is 2.41 bits per heavy atom. The van der Waals surface area contributed by atoms with Gasteiger partial charge in [0.15, 0.2) is 0 Å². The molecule has 0 unspecified atom stereocenters. The Morgan fingerprint density at radius 2 is 1.88 bits per heavy atom. The topological polar surface area (TPSA) is 41.1 Å². The van der Waals surface area contributed by atoms with Gasteiger partial charge < -0.3 is 10.6 Å². The third-order valence-electron chi connectivity index (χ3n) is 2.25. The Kier molecular flexibility index (Phi) is 3.81. The molecule has 0 spiro atoms. The van der Waals surface area contributed by atoms with E-state index in [1.54, 1.807) is 12.1 Å².